The zero-order chi connectivity index (χ0) is 55.8. The first-order valence-corrected chi connectivity index (χ1v) is 29.0. The molecule has 0 radical (unpaired) electrons. The Morgan fingerprint density at radius 3 is 1.57 bits per heavy atom. The minimum absolute atomic E-state index is 0.0957. The van der Waals surface area contributed by atoms with Crippen LogP contribution in [0.5, 0.6) is 0 Å². The van der Waals surface area contributed by atoms with E-state index in [1.807, 2.05) is 0 Å². The molecule has 0 atom stereocenters. The molecule has 3 heterocycles. The molecule has 0 unspecified atom stereocenters. The van der Waals surface area contributed by atoms with Crippen LogP contribution in [-0.4, -0.2) is 6.71 Å². The Kier molecular flexibility index (Phi) is 11.1. The van der Waals surface area contributed by atoms with Gasteiger partial charge >= 0.3 is 0 Å². The monoisotopic (exact) mass is 1060 g/mol. The van der Waals surface area contributed by atoms with E-state index in [0.717, 1.165) is 56.1 Å². The molecule has 12 aromatic rings. The minimum atomic E-state index is -0.208. The van der Waals surface area contributed by atoms with Crippen LogP contribution in [0.2, 0.25) is 0 Å². The Hall–Kier alpha value is -9.32. The first-order valence-electron chi connectivity index (χ1n) is 29.0. The van der Waals surface area contributed by atoms with E-state index in [4.69, 9.17) is 4.42 Å². The van der Waals surface area contributed by atoms with E-state index in [0.29, 0.717) is 0 Å². The molecule has 0 saturated heterocycles. The molecule has 1 aliphatic carbocycles. The average Bonchev–Trinajstić information content (AvgIpc) is 3.48. The molecule has 82 heavy (non-hydrogen) atoms. The highest BCUT2D eigenvalue weighted by Crippen LogP contribution is 2.53. The molecular formula is C77H64BN3O. The van der Waals surface area contributed by atoms with E-state index in [2.05, 4.69) is 313 Å². The van der Waals surface area contributed by atoms with Crippen LogP contribution < -0.4 is 31.1 Å². The first-order chi connectivity index (χ1) is 39.7. The lowest BCUT2D eigenvalue weighted by Crippen LogP contribution is -2.61. The average molecular weight is 1060 g/mol. The summed E-state index contributed by atoms with van der Waals surface area (Å²) in [6, 6.07) is 90.7. The predicted octanol–water partition coefficient (Wildman–Crippen LogP) is 19.4. The van der Waals surface area contributed by atoms with Gasteiger partial charge in [0.05, 0.1) is 0 Å². The normalized spacial score (nSPS) is 13.9. The number of nitrogens with zero attached hydrogens (tertiary/aromatic N) is 3. The molecule has 0 fully saturated rings. The van der Waals surface area contributed by atoms with Crippen LogP contribution in [0.3, 0.4) is 0 Å². The van der Waals surface area contributed by atoms with E-state index in [1.165, 1.54) is 89.1 Å². The molecule has 15 rings (SSSR count). The van der Waals surface area contributed by atoms with Crippen LogP contribution in [0.25, 0.3) is 55.3 Å². The predicted molar refractivity (Wildman–Crippen MR) is 348 cm³/mol. The van der Waals surface area contributed by atoms with E-state index >= 15 is 0 Å². The van der Waals surface area contributed by atoms with Gasteiger partial charge in [0, 0.05) is 73.4 Å². The Morgan fingerprint density at radius 1 is 0.378 bits per heavy atom. The van der Waals surface area contributed by atoms with Crippen molar-refractivity contribution in [1.29, 1.82) is 0 Å². The van der Waals surface area contributed by atoms with Gasteiger partial charge in [0.1, 0.15) is 11.2 Å². The van der Waals surface area contributed by atoms with Crippen LogP contribution in [0, 0.1) is 0 Å². The van der Waals surface area contributed by atoms with Gasteiger partial charge in [-0.25, -0.2) is 0 Å². The number of furan rings is 1. The summed E-state index contributed by atoms with van der Waals surface area (Å²) in [7, 11) is 0. The summed E-state index contributed by atoms with van der Waals surface area (Å²) in [6.07, 6.45) is 0. The van der Waals surface area contributed by atoms with Crippen molar-refractivity contribution in [3.63, 3.8) is 0 Å². The van der Waals surface area contributed by atoms with E-state index < -0.39 is 0 Å². The molecule has 0 amide bonds. The van der Waals surface area contributed by atoms with Crippen LogP contribution in [0.1, 0.15) is 77.6 Å². The zero-order valence-electron chi connectivity index (χ0n) is 47.9. The molecule has 1 aromatic heterocycles. The Bertz CT molecular complexity index is 4420. The second-order valence-corrected chi connectivity index (χ2v) is 25.4. The molecular weight excluding hydrogens is 994 g/mol. The minimum Gasteiger partial charge on any atom is -0.456 e. The molecule has 3 aliphatic rings. The van der Waals surface area contributed by atoms with Crippen LogP contribution in [-0.2, 0) is 16.2 Å². The summed E-state index contributed by atoms with van der Waals surface area (Å²) in [5.74, 6) is 0. The maximum Gasteiger partial charge on any atom is 0.252 e. The third-order valence-electron chi connectivity index (χ3n) is 18.0. The van der Waals surface area contributed by atoms with E-state index in [9.17, 15) is 0 Å². The Balaban J connectivity index is 1.00. The molecule has 0 spiro atoms. The summed E-state index contributed by atoms with van der Waals surface area (Å²) in [5.41, 5.74) is 28.0. The van der Waals surface area contributed by atoms with E-state index in [1.54, 1.807) is 0 Å². The highest BCUT2D eigenvalue weighted by molar-refractivity contribution is 7.00. The maximum atomic E-state index is 6.68. The van der Waals surface area contributed by atoms with Crippen molar-refractivity contribution in [2.45, 2.75) is 71.6 Å². The van der Waals surface area contributed by atoms with Crippen LogP contribution >= 0.6 is 0 Å². The molecule has 0 N–H and O–H groups in total. The topological polar surface area (TPSA) is 22.9 Å². The fraction of sp³-hybridized carbons (Fsp3) is 0.143. The lowest BCUT2D eigenvalue weighted by atomic mass is 9.33. The SMILES string of the molecule is CC(C)(C)c1ccc2c(c1)B1c3ccc(N(c4ccc(-c5ccccc5)cc4)c4ccc(-c5ccccc5)cc4)cc3N(c3ccc4c(c3)C(C)(C)c3ccccc3-4)c3cc(C(C)(C)C)cc(c31)N2c1ccc2c(c1)oc1ccccc12. The summed E-state index contributed by atoms with van der Waals surface area (Å²) < 4.78 is 6.68. The lowest BCUT2D eigenvalue weighted by molar-refractivity contribution is 0.590. The van der Waals surface area contributed by atoms with Gasteiger partial charge in [0.15, 0.2) is 0 Å². The van der Waals surface area contributed by atoms with Gasteiger partial charge in [-0.1, -0.05) is 207 Å². The van der Waals surface area contributed by atoms with Crippen molar-refractivity contribution < 1.29 is 4.42 Å². The third-order valence-corrected chi connectivity index (χ3v) is 18.0. The fourth-order valence-corrected chi connectivity index (χ4v) is 13.6. The van der Waals surface area contributed by atoms with Gasteiger partial charge in [-0.3, -0.25) is 0 Å². The van der Waals surface area contributed by atoms with Gasteiger partial charge in [-0.05, 0) is 168 Å². The highest BCUT2D eigenvalue weighted by atomic mass is 16.3. The molecule has 396 valence electrons. The van der Waals surface area contributed by atoms with Gasteiger partial charge in [-0.2, -0.15) is 0 Å². The van der Waals surface area contributed by atoms with E-state index in [-0.39, 0.29) is 23.0 Å². The number of anilines is 9. The molecule has 0 bridgehead atoms. The standard InChI is InChI=1S/C77H64BN3O/c1-75(2,3)53-31-42-68-67(43-53)78-66-41-38-58(79(55-32-27-51(28-33-55)49-19-11-9-12-20-49)56-34-29-52(30-35-56)50-21-13-10-14-22-50)47-69(66)81(57-36-39-61-60-23-15-17-25-64(60)77(7,8)65(61)46-57)71-45-54(76(4,5)6)44-70(74(71)78)80(68)59-37-40-63-62-24-16-18-26-72(62)82-73(63)48-59/h9-48H,1-8H3. The second-order valence-electron chi connectivity index (χ2n) is 25.4. The molecule has 11 aromatic carbocycles. The summed E-state index contributed by atoms with van der Waals surface area (Å²) >= 11 is 0. The third kappa shape index (κ3) is 7.88. The highest BCUT2D eigenvalue weighted by Gasteiger charge is 2.46. The maximum absolute atomic E-state index is 6.68. The Morgan fingerprint density at radius 2 is 0.915 bits per heavy atom. The van der Waals surface area contributed by atoms with Gasteiger partial charge < -0.3 is 19.1 Å². The number of para-hydroxylation sites is 1. The first kappa shape index (κ1) is 49.7. The fourth-order valence-electron chi connectivity index (χ4n) is 13.6. The van der Waals surface area contributed by atoms with Crippen LogP contribution in [0.4, 0.5) is 51.2 Å². The van der Waals surface area contributed by atoms with Crippen molar-refractivity contribution in [1.82, 2.24) is 0 Å². The van der Waals surface area contributed by atoms with Gasteiger partial charge in [0.25, 0.3) is 6.71 Å². The summed E-state index contributed by atoms with van der Waals surface area (Å²) in [4.78, 5) is 7.61. The summed E-state index contributed by atoms with van der Waals surface area (Å²) in [5, 5.41) is 2.25. The van der Waals surface area contributed by atoms with Crippen molar-refractivity contribution >= 4 is 96.2 Å². The van der Waals surface area contributed by atoms with Gasteiger partial charge in [0.2, 0.25) is 0 Å². The molecule has 0 saturated carbocycles. The largest absolute Gasteiger partial charge is 0.456 e. The number of hydrogen-bond acceptors (Lipinski definition) is 4. The number of rotatable bonds is 7. The van der Waals surface area contributed by atoms with Crippen molar-refractivity contribution in [2.24, 2.45) is 0 Å². The second kappa shape index (κ2) is 18.4. The number of hydrogen-bond donors (Lipinski definition) is 0. The van der Waals surface area contributed by atoms with Crippen molar-refractivity contribution in [3.8, 4) is 33.4 Å². The van der Waals surface area contributed by atoms with Crippen LogP contribution in [0.15, 0.2) is 247 Å². The quantitative estimate of drug-likeness (QED) is 0.148. The lowest BCUT2D eigenvalue weighted by Gasteiger charge is -2.45. The summed E-state index contributed by atoms with van der Waals surface area (Å²) in [6.45, 7) is 18.8. The molecule has 5 heteroatoms. The number of benzene rings is 11. The number of fused-ring (bicyclic) bond motifs is 10. The van der Waals surface area contributed by atoms with Crippen molar-refractivity contribution in [2.75, 3.05) is 14.7 Å². The molecule has 4 nitrogen and oxygen atoms in total. The Labute approximate surface area is 482 Å². The smallest absolute Gasteiger partial charge is 0.252 e. The zero-order valence-corrected chi connectivity index (χ0v) is 47.9. The van der Waals surface area contributed by atoms with Crippen molar-refractivity contribution in [3.05, 3.63) is 265 Å². The van der Waals surface area contributed by atoms with Gasteiger partial charge in [-0.15, -0.1) is 0 Å². The molecule has 2 aliphatic heterocycles.